The second-order valence-corrected chi connectivity index (χ2v) is 6.68. The molecule has 152 valence electrons. The Morgan fingerprint density at radius 3 is 2.43 bits per heavy atom. The van der Waals surface area contributed by atoms with Crippen LogP contribution in [0.25, 0.3) is 0 Å². The van der Waals surface area contributed by atoms with Crippen LogP contribution in [0.4, 0.5) is 36.3 Å². The van der Waals surface area contributed by atoms with Crippen molar-refractivity contribution >= 4 is 23.1 Å². The number of hydrogen-bond donors (Lipinski definition) is 2. The van der Waals surface area contributed by atoms with Gasteiger partial charge >= 0.3 is 6.18 Å². The van der Waals surface area contributed by atoms with Crippen molar-refractivity contribution in [2.45, 2.75) is 32.5 Å². The lowest BCUT2D eigenvalue weighted by molar-refractivity contribution is -0.141. The van der Waals surface area contributed by atoms with Gasteiger partial charge < -0.3 is 20.3 Å². The van der Waals surface area contributed by atoms with Gasteiger partial charge in [-0.1, -0.05) is 6.92 Å². The van der Waals surface area contributed by atoms with E-state index in [-0.39, 0.29) is 17.8 Å². The molecule has 1 atom stereocenters. The average molecular weight is 395 g/mol. The van der Waals surface area contributed by atoms with Crippen molar-refractivity contribution in [3.05, 3.63) is 36.0 Å². The third kappa shape index (κ3) is 5.25. The molecular weight excluding hydrogens is 371 g/mol. The van der Waals surface area contributed by atoms with Gasteiger partial charge in [0.05, 0.1) is 13.2 Å². The van der Waals surface area contributed by atoms with Crippen molar-refractivity contribution in [1.29, 1.82) is 0 Å². The van der Waals surface area contributed by atoms with Gasteiger partial charge in [-0.05, 0) is 37.6 Å². The van der Waals surface area contributed by atoms with Gasteiger partial charge in [0.2, 0.25) is 5.95 Å². The van der Waals surface area contributed by atoms with Crippen molar-refractivity contribution in [3.8, 4) is 0 Å². The average Bonchev–Trinajstić information content (AvgIpc) is 2.68. The van der Waals surface area contributed by atoms with Crippen LogP contribution in [-0.2, 0) is 10.9 Å². The number of benzene rings is 1. The zero-order valence-electron chi connectivity index (χ0n) is 15.9. The number of ether oxygens (including phenoxy) is 1. The summed E-state index contributed by atoms with van der Waals surface area (Å²) in [6.07, 6.45) is -3.81. The smallest absolute Gasteiger partial charge is 0.378 e. The van der Waals surface area contributed by atoms with Crippen LogP contribution in [0.2, 0.25) is 0 Å². The standard InChI is InChI=1S/C19H24F3N5O/c1-3-13(2)23-18-25-16(19(20,21)22)12-17(26-18)24-14-4-6-15(7-5-14)27-8-10-28-11-9-27/h4-7,12-13H,3,8-11H2,1-2H3,(H2,23,24,25,26)/t13-/m0/s1. The van der Waals surface area contributed by atoms with Crippen LogP contribution in [0.15, 0.2) is 30.3 Å². The Morgan fingerprint density at radius 1 is 1.14 bits per heavy atom. The summed E-state index contributed by atoms with van der Waals surface area (Å²) in [7, 11) is 0. The Morgan fingerprint density at radius 2 is 1.82 bits per heavy atom. The molecule has 1 aromatic heterocycles. The van der Waals surface area contributed by atoms with Crippen LogP contribution in [0.5, 0.6) is 0 Å². The molecule has 1 aliphatic rings. The van der Waals surface area contributed by atoms with Gasteiger partial charge in [0.15, 0.2) is 5.69 Å². The van der Waals surface area contributed by atoms with E-state index >= 15 is 0 Å². The molecule has 3 rings (SSSR count). The SMILES string of the molecule is CC[C@H](C)Nc1nc(Nc2ccc(N3CCOCC3)cc2)cc(C(F)(F)F)n1. The Kier molecular flexibility index (Phi) is 6.23. The van der Waals surface area contributed by atoms with Gasteiger partial charge in [-0.3, -0.25) is 0 Å². The highest BCUT2D eigenvalue weighted by Crippen LogP contribution is 2.31. The molecule has 0 bridgehead atoms. The maximum Gasteiger partial charge on any atom is 0.433 e. The molecule has 0 saturated carbocycles. The van der Waals surface area contributed by atoms with Gasteiger partial charge in [-0.2, -0.15) is 18.2 Å². The molecule has 9 heteroatoms. The molecule has 1 aliphatic heterocycles. The number of aromatic nitrogens is 2. The number of nitrogens with one attached hydrogen (secondary N) is 2. The second-order valence-electron chi connectivity index (χ2n) is 6.68. The first-order valence-electron chi connectivity index (χ1n) is 9.27. The molecule has 2 aromatic rings. The quantitative estimate of drug-likeness (QED) is 0.761. The lowest BCUT2D eigenvalue weighted by Gasteiger charge is -2.28. The van der Waals surface area contributed by atoms with Crippen LogP contribution in [-0.4, -0.2) is 42.3 Å². The van der Waals surface area contributed by atoms with E-state index in [1.165, 1.54) is 0 Å². The van der Waals surface area contributed by atoms with Gasteiger partial charge in [0.25, 0.3) is 0 Å². The molecule has 6 nitrogen and oxygen atoms in total. The molecule has 28 heavy (non-hydrogen) atoms. The number of morpholine rings is 1. The second kappa shape index (κ2) is 8.64. The summed E-state index contributed by atoms with van der Waals surface area (Å²) in [5.41, 5.74) is 0.714. The summed E-state index contributed by atoms with van der Waals surface area (Å²) < 4.78 is 45.0. The van der Waals surface area contributed by atoms with Crippen LogP contribution in [0.1, 0.15) is 26.0 Å². The highest BCUT2D eigenvalue weighted by atomic mass is 19.4. The van der Waals surface area contributed by atoms with Crippen molar-refractivity contribution in [2.75, 3.05) is 41.8 Å². The Bertz CT molecular complexity index is 776. The highest BCUT2D eigenvalue weighted by Gasteiger charge is 2.34. The fraction of sp³-hybridized carbons (Fsp3) is 0.474. The molecule has 0 spiro atoms. The fourth-order valence-electron chi connectivity index (χ4n) is 2.77. The molecule has 0 unspecified atom stereocenters. The zero-order chi connectivity index (χ0) is 20.1. The summed E-state index contributed by atoms with van der Waals surface area (Å²) in [6.45, 7) is 6.80. The van der Waals surface area contributed by atoms with Crippen LogP contribution >= 0.6 is 0 Å². The van der Waals surface area contributed by atoms with Gasteiger partial charge in [-0.25, -0.2) is 4.98 Å². The van der Waals surface area contributed by atoms with Crippen LogP contribution < -0.4 is 15.5 Å². The van der Waals surface area contributed by atoms with Crippen molar-refractivity contribution in [2.24, 2.45) is 0 Å². The number of alkyl halides is 3. The van der Waals surface area contributed by atoms with Gasteiger partial charge in [-0.15, -0.1) is 0 Å². The van der Waals surface area contributed by atoms with E-state index in [4.69, 9.17) is 4.74 Å². The lowest BCUT2D eigenvalue weighted by Crippen LogP contribution is -2.36. The minimum atomic E-state index is -4.55. The fourth-order valence-corrected chi connectivity index (χ4v) is 2.77. The third-order valence-corrected chi connectivity index (χ3v) is 4.52. The van der Waals surface area contributed by atoms with Crippen LogP contribution in [0.3, 0.4) is 0 Å². The summed E-state index contributed by atoms with van der Waals surface area (Å²) in [6, 6.07) is 8.38. The lowest BCUT2D eigenvalue weighted by atomic mass is 10.2. The van der Waals surface area contributed by atoms with E-state index in [9.17, 15) is 13.2 Å². The van der Waals surface area contributed by atoms with Crippen molar-refractivity contribution in [3.63, 3.8) is 0 Å². The van der Waals surface area contributed by atoms with Crippen molar-refractivity contribution < 1.29 is 17.9 Å². The van der Waals surface area contributed by atoms with Crippen LogP contribution in [0, 0.1) is 0 Å². The van der Waals surface area contributed by atoms with E-state index in [1.54, 1.807) is 0 Å². The maximum atomic E-state index is 13.2. The molecule has 1 fully saturated rings. The maximum absolute atomic E-state index is 13.2. The van der Waals surface area contributed by atoms with Gasteiger partial charge in [0.1, 0.15) is 5.82 Å². The number of nitrogens with zero attached hydrogens (tertiary/aromatic N) is 3. The molecular formula is C19H24F3N5O. The molecule has 0 amide bonds. The van der Waals surface area contributed by atoms with Crippen molar-refractivity contribution in [1.82, 2.24) is 9.97 Å². The molecule has 1 aromatic carbocycles. The topological polar surface area (TPSA) is 62.3 Å². The number of halogens is 3. The Balaban J connectivity index is 1.79. The Hall–Kier alpha value is -2.55. The zero-order valence-corrected chi connectivity index (χ0v) is 15.9. The Labute approximate surface area is 162 Å². The normalized spacial score (nSPS) is 16.0. The third-order valence-electron chi connectivity index (χ3n) is 4.52. The first-order chi connectivity index (χ1) is 13.3. The van der Waals surface area contributed by atoms with E-state index in [0.29, 0.717) is 18.9 Å². The predicted octanol–water partition coefficient (Wildman–Crippen LogP) is 4.29. The molecule has 2 N–H and O–H groups in total. The monoisotopic (exact) mass is 395 g/mol. The number of anilines is 4. The molecule has 2 heterocycles. The van der Waals surface area contributed by atoms with Gasteiger partial charge in [0, 0.05) is 36.6 Å². The predicted molar refractivity (Wildman–Crippen MR) is 103 cm³/mol. The molecule has 0 radical (unpaired) electrons. The van der Waals surface area contributed by atoms with E-state index < -0.39 is 11.9 Å². The minimum absolute atomic E-state index is 0.0378. The highest BCUT2D eigenvalue weighted by molar-refractivity contribution is 5.62. The van der Waals surface area contributed by atoms with E-state index in [1.807, 2.05) is 38.1 Å². The van der Waals surface area contributed by atoms with E-state index in [2.05, 4.69) is 25.5 Å². The van der Waals surface area contributed by atoms with E-state index in [0.717, 1.165) is 31.3 Å². The summed E-state index contributed by atoms with van der Waals surface area (Å²) in [5.74, 6) is 0.0452. The number of hydrogen-bond acceptors (Lipinski definition) is 6. The minimum Gasteiger partial charge on any atom is -0.378 e. The molecule has 0 aliphatic carbocycles. The summed E-state index contributed by atoms with van der Waals surface area (Å²) in [5, 5.41) is 5.85. The first-order valence-corrected chi connectivity index (χ1v) is 9.27. The summed E-state index contributed by atoms with van der Waals surface area (Å²) in [4.78, 5) is 9.99. The molecule has 1 saturated heterocycles. The number of rotatable bonds is 6. The first kappa shape index (κ1) is 20.2. The summed E-state index contributed by atoms with van der Waals surface area (Å²) >= 11 is 0. The largest absolute Gasteiger partial charge is 0.433 e.